The maximum absolute atomic E-state index is 9.98. The molecular formula is C10H15NNa4O8. The molecule has 0 aromatic rings. The van der Waals surface area contributed by atoms with Crippen LogP contribution in [0.4, 0.5) is 0 Å². The second-order valence-corrected chi connectivity index (χ2v) is 3.17. The third-order valence-electron chi connectivity index (χ3n) is 1.20. The van der Waals surface area contributed by atoms with Gasteiger partial charge in [0, 0.05) is 23.9 Å². The molecule has 0 saturated carbocycles. The molecule has 0 rings (SSSR count). The number of carbonyl (C=O) groups excluding carboxylic acids is 4. The van der Waals surface area contributed by atoms with Gasteiger partial charge in [-0.15, -0.1) is 0 Å². The van der Waals surface area contributed by atoms with E-state index in [0.29, 0.717) is 0 Å². The minimum absolute atomic E-state index is 0. The molecule has 1 atom stereocenters. The number of hydrogen-bond donors (Lipinski definition) is 1. The second-order valence-electron chi connectivity index (χ2n) is 3.17. The van der Waals surface area contributed by atoms with Gasteiger partial charge in [0.15, 0.2) is 0 Å². The summed E-state index contributed by atoms with van der Waals surface area (Å²) in [5, 5.41) is 37.6. The maximum atomic E-state index is 9.98. The van der Waals surface area contributed by atoms with Gasteiger partial charge in [-0.3, -0.25) is 0 Å². The third kappa shape index (κ3) is 81.1. The Hall–Kier alpha value is 1.84. The van der Waals surface area contributed by atoms with Crippen molar-refractivity contribution in [3.63, 3.8) is 0 Å². The average molecular weight is 369 g/mol. The Morgan fingerprint density at radius 1 is 0.826 bits per heavy atom. The van der Waals surface area contributed by atoms with E-state index in [2.05, 4.69) is 0 Å². The van der Waals surface area contributed by atoms with Crippen LogP contribution >= 0.6 is 0 Å². The summed E-state index contributed by atoms with van der Waals surface area (Å²) in [5.74, 6) is -4.72. The van der Waals surface area contributed by atoms with Crippen molar-refractivity contribution < 1.29 is 158 Å². The van der Waals surface area contributed by atoms with Gasteiger partial charge in [0.05, 0.1) is 5.97 Å². The molecule has 0 aliphatic heterocycles. The van der Waals surface area contributed by atoms with Gasteiger partial charge in [-0.25, -0.2) is 0 Å². The van der Waals surface area contributed by atoms with E-state index >= 15 is 0 Å². The predicted molar refractivity (Wildman–Crippen MR) is 53.2 cm³/mol. The van der Waals surface area contributed by atoms with E-state index < -0.39 is 29.9 Å². The van der Waals surface area contributed by atoms with Gasteiger partial charge < -0.3 is 45.3 Å². The summed E-state index contributed by atoms with van der Waals surface area (Å²) in [5.41, 5.74) is 5.03. The molecular weight excluding hydrogens is 354 g/mol. The molecule has 0 aliphatic carbocycles. The first-order valence-electron chi connectivity index (χ1n) is 5.02. The number of carboxylic acid groups (broad SMARTS) is 4. The molecule has 13 heteroatoms. The van der Waals surface area contributed by atoms with Crippen molar-refractivity contribution >= 4 is 23.9 Å². The summed E-state index contributed by atoms with van der Waals surface area (Å²) in [4.78, 5) is 37.6. The van der Waals surface area contributed by atoms with E-state index in [1.54, 1.807) is 0 Å². The van der Waals surface area contributed by atoms with Crippen LogP contribution in [0.15, 0.2) is 0 Å². The summed E-state index contributed by atoms with van der Waals surface area (Å²) in [6.45, 7) is 1.94. The fourth-order valence-corrected chi connectivity index (χ4v) is 0.584. The van der Waals surface area contributed by atoms with Crippen molar-refractivity contribution in [1.29, 1.82) is 0 Å². The largest absolute Gasteiger partial charge is 1.00 e. The monoisotopic (exact) mass is 369 g/mol. The van der Waals surface area contributed by atoms with Gasteiger partial charge in [-0.2, -0.15) is 0 Å². The van der Waals surface area contributed by atoms with Crippen LogP contribution in [-0.4, -0.2) is 29.9 Å². The Bertz CT molecular complexity index is 297. The summed E-state index contributed by atoms with van der Waals surface area (Å²) in [6, 6.07) is -1.07. The SMILES string of the molecule is CC(=O)[O-].CC(=O)[O-].N[C@@H](CCCC(=O)[O-])C(=O)[O-].[Na+].[Na+].[Na+].[Na+]. The van der Waals surface area contributed by atoms with Gasteiger partial charge in [-0.1, -0.05) is 0 Å². The van der Waals surface area contributed by atoms with E-state index in [1.165, 1.54) is 0 Å². The Morgan fingerprint density at radius 3 is 1.26 bits per heavy atom. The Balaban J connectivity index is -0.0000000368. The van der Waals surface area contributed by atoms with Crippen LogP contribution in [0.2, 0.25) is 0 Å². The van der Waals surface area contributed by atoms with Crippen LogP contribution in [0, 0.1) is 0 Å². The summed E-state index contributed by atoms with van der Waals surface area (Å²) in [6.07, 6.45) is 0.148. The normalized spacial score (nSPS) is 8.13. The zero-order valence-electron chi connectivity index (χ0n) is 14.5. The van der Waals surface area contributed by atoms with Crippen LogP contribution in [0.5, 0.6) is 0 Å². The first-order valence-corrected chi connectivity index (χ1v) is 5.02. The maximum Gasteiger partial charge on any atom is 1.00 e. The van der Waals surface area contributed by atoms with Crippen molar-refractivity contribution in [2.45, 2.75) is 39.2 Å². The van der Waals surface area contributed by atoms with Crippen LogP contribution in [0.3, 0.4) is 0 Å². The third-order valence-corrected chi connectivity index (χ3v) is 1.20. The van der Waals surface area contributed by atoms with Gasteiger partial charge in [-0.05, 0) is 33.1 Å². The summed E-state index contributed by atoms with van der Waals surface area (Å²) >= 11 is 0. The molecule has 112 valence electrons. The van der Waals surface area contributed by atoms with E-state index in [4.69, 9.17) is 25.5 Å². The molecule has 0 amide bonds. The molecule has 23 heavy (non-hydrogen) atoms. The average Bonchev–Trinajstić information content (AvgIpc) is 2.14. The molecule has 0 spiro atoms. The molecule has 0 fully saturated rings. The predicted octanol–water partition coefficient (Wildman–Crippen LogP) is -17.5. The fraction of sp³-hybridized carbons (Fsp3) is 0.600. The van der Waals surface area contributed by atoms with E-state index in [9.17, 15) is 19.8 Å². The molecule has 0 aromatic carbocycles. The molecule has 0 bridgehead atoms. The first kappa shape index (κ1) is 44.4. The molecule has 0 radical (unpaired) electrons. The number of carbonyl (C=O) groups is 4. The Labute approximate surface area is 223 Å². The van der Waals surface area contributed by atoms with Crippen molar-refractivity contribution in [3.8, 4) is 0 Å². The van der Waals surface area contributed by atoms with E-state index in [-0.39, 0.29) is 137 Å². The molecule has 0 unspecified atom stereocenters. The molecule has 9 nitrogen and oxygen atoms in total. The Kier molecular flexibility index (Phi) is 60.9. The second kappa shape index (κ2) is 31.6. The number of carboxylic acids is 4. The summed E-state index contributed by atoms with van der Waals surface area (Å²) < 4.78 is 0. The molecule has 0 heterocycles. The van der Waals surface area contributed by atoms with Crippen molar-refractivity contribution in [1.82, 2.24) is 0 Å². The minimum atomic E-state index is -1.36. The van der Waals surface area contributed by atoms with Gasteiger partial charge in [0.2, 0.25) is 0 Å². The number of aliphatic carboxylic acids is 4. The topological polar surface area (TPSA) is 187 Å². The number of hydrogen-bond acceptors (Lipinski definition) is 9. The quantitative estimate of drug-likeness (QED) is 0.459. The number of nitrogens with two attached hydrogens (primary N) is 1. The van der Waals surface area contributed by atoms with E-state index in [1.807, 2.05) is 0 Å². The Morgan fingerprint density at radius 2 is 1.09 bits per heavy atom. The van der Waals surface area contributed by atoms with Crippen molar-refractivity contribution in [2.24, 2.45) is 5.73 Å². The fourth-order valence-electron chi connectivity index (χ4n) is 0.584. The van der Waals surface area contributed by atoms with Crippen molar-refractivity contribution in [2.75, 3.05) is 0 Å². The standard InChI is InChI=1S/C6H11NO4.2C2H4O2.4Na/c7-4(6(10)11)2-1-3-5(8)9;2*1-2(3)4;;;;/h4H,1-3,7H2,(H,8,9)(H,10,11);2*1H3,(H,3,4);;;;/q;;;4*+1/p-4/t4-;;;;;;/m0....../s1. The van der Waals surface area contributed by atoms with Crippen LogP contribution < -0.4 is 144 Å². The van der Waals surface area contributed by atoms with Gasteiger partial charge in [0.25, 0.3) is 0 Å². The number of rotatable bonds is 5. The first-order chi connectivity index (χ1) is 8.50. The van der Waals surface area contributed by atoms with Crippen LogP contribution in [0.25, 0.3) is 0 Å². The zero-order valence-corrected chi connectivity index (χ0v) is 22.5. The smallest absolute Gasteiger partial charge is 0.550 e. The molecule has 0 aromatic heterocycles. The van der Waals surface area contributed by atoms with Crippen LogP contribution in [-0.2, 0) is 19.2 Å². The molecule has 0 aliphatic rings. The van der Waals surface area contributed by atoms with E-state index in [0.717, 1.165) is 13.8 Å². The van der Waals surface area contributed by atoms with Crippen LogP contribution in [0.1, 0.15) is 33.1 Å². The summed E-state index contributed by atoms with van der Waals surface area (Å²) in [7, 11) is 0. The molecule has 2 N–H and O–H groups in total. The van der Waals surface area contributed by atoms with Crippen molar-refractivity contribution in [3.05, 3.63) is 0 Å². The minimum Gasteiger partial charge on any atom is -0.550 e. The molecule has 0 saturated heterocycles. The van der Waals surface area contributed by atoms with Gasteiger partial charge >= 0.3 is 118 Å². The zero-order chi connectivity index (χ0) is 16.0. The van der Waals surface area contributed by atoms with Gasteiger partial charge in [0.1, 0.15) is 0 Å².